The third-order valence-electron chi connectivity index (χ3n) is 4.37. The van der Waals surface area contributed by atoms with E-state index in [9.17, 15) is 4.79 Å². The van der Waals surface area contributed by atoms with E-state index in [2.05, 4.69) is 10.3 Å². The molecule has 7 nitrogen and oxygen atoms in total. The van der Waals surface area contributed by atoms with Gasteiger partial charge in [-0.05, 0) is 38.3 Å². The Morgan fingerprint density at radius 1 is 1.38 bits per heavy atom. The first kappa shape index (κ1) is 16.6. The standard InChI is InChI=1S/C17H23N3O4/c1-11-16(22)19-17-18-13-6-7-14(24-9-5-3-4-8-21)15(23-2)12(13)10-20(11)17/h6-7,11,21H,3-5,8-10H2,1-2H3,(H,18,19,22). The molecule has 1 unspecified atom stereocenters. The molecule has 1 atom stereocenters. The number of nitrogens with one attached hydrogen (secondary N) is 1. The Morgan fingerprint density at radius 2 is 2.21 bits per heavy atom. The normalized spacial score (nSPS) is 18.6. The van der Waals surface area contributed by atoms with E-state index < -0.39 is 0 Å². The number of hydrogen-bond donors (Lipinski definition) is 2. The van der Waals surface area contributed by atoms with Crippen LogP contribution in [0.2, 0.25) is 0 Å². The molecule has 0 aliphatic carbocycles. The molecule has 1 aromatic rings. The molecule has 0 spiro atoms. The van der Waals surface area contributed by atoms with Crippen molar-refractivity contribution in [1.82, 2.24) is 10.2 Å². The molecular weight excluding hydrogens is 310 g/mol. The number of amides is 1. The Bertz CT molecular complexity index is 659. The molecule has 1 saturated heterocycles. The van der Waals surface area contributed by atoms with Crippen LogP contribution in [-0.2, 0) is 11.3 Å². The maximum atomic E-state index is 11.8. The van der Waals surface area contributed by atoms with Gasteiger partial charge < -0.3 is 19.5 Å². The van der Waals surface area contributed by atoms with Crippen molar-refractivity contribution in [3.05, 3.63) is 17.7 Å². The lowest BCUT2D eigenvalue weighted by Gasteiger charge is -2.28. The van der Waals surface area contributed by atoms with Crippen molar-refractivity contribution in [1.29, 1.82) is 0 Å². The van der Waals surface area contributed by atoms with E-state index >= 15 is 0 Å². The van der Waals surface area contributed by atoms with Crippen molar-refractivity contribution in [2.24, 2.45) is 4.99 Å². The molecule has 1 amide bonds. The minimum absolute atomic E-state index is 0.0409. The van der Waals surface area contributed by atoms with E-state index in [0.29, 0.717) is 30.6 Å². The number of carbonyl (C=O) groups is 1. The molecule has 130 valence electrons. The summed E-state index contributed by atoms with van der Waals surface area (Å²) in [4.78, 5) is 18.3. The molecule has 0 saturated carbocycles. The van der Waals surface area contributed by atoms with Crippen LogP contribution in [0.15, 0.2) is 17.1 Å². The van der Waals surface area contributed by atoms with E-state index in [-0.39, 0.29) is 18.6 Å². The number of carbonyl (C=O) groups excluding carboxylic acids is 1. The topological polar surface area (TPSA) is 83.4 Å². The van der Waals surface area contributed by atoms with Crippen LogP contribution in [0, 0.1) is 0 Å². The van der Waals surface area contributed by atoms with Gasteiger partial charge in [-0.1, -0.05) is 0 Å². The van der Waals surface area contributed by atoms with Gasteiger partial charge in [0, 0.05) is 12.2 Å². The molecule has 24 heavy (non-hydrogen) atoms. The predicted octanol–water partition coefficient (Wildman–Crippen LogP) is 1.56. The largest absolute Gasteiger partial charge is 0.492 e. The number of guanidine groups is 1. The molecule has 2 aliphatic rings. The SMILES string of the molecule is COc1c(OCCCCCO)ccc2c1CN1C(=N2)NC(=O)C1C. The second kappa shape index (κ2) is 7.09. The third-order valence-corrected chi connectivity index (χ3v) is 4.37. The van der Waals surface area contributed by atoms with Gasteiger partial charge in [0.1, 0.15) is 6.04 Å². The highest BCUT2D eigenvalue weighted by Gasteiger charge is 2.37. The number of rotatable bonds is 7. The first-order valence-corrected chi connectivity index (χ1v) is 8.25. The Labute approximate surface area is 141 Å². The van der Waals surface area contributed by atoms with Crippen LogP contribution < -0.4 is 14.8 Å². The van der Waals surface area contributed by atoms with Crippen molar-refractivity contribution in [3.63, 3.8) is 0 Å². The predicted molar refractivity (Wildman–Crippen MR) is 89.7 cm³/mol. The van der Waals surface area contributed by atoms with Gasteiger partial charge in [-0.25, -0.2) is 4.99 Å². The Balaban J connectivity index is 1.78. The summed E-state index contributed by atoms with van der Waals surface area (Å²) in [6.45, 7) is 3.20. The average molecular weight is 333 g/mol. The van der Waals surface area contributed by atoms with E-state index in [1.807, 2.05) is 24.0 Å². The number of fused-ring (bicyclic) bond motifs is 2. The molecule has 0 radical (unpaired) electrons. The Hall–Kier alpha value is -2.28. The molecule has 2 N–H and O–H groups in total. The van der Waals surface area contributed by atoms with Crippen molar-refractivity contribution in [2.75, 3.05) is 20.3 Å². The van der Waals surface area contributed by atoms with Crippen molar-refractivity contribution in [2.45, 2.75) is 38.8 Å². The zero-order chi connectivity index (χ0) is 17.1. The van der Waals surface area contributed by atoms with Gasteiger partial charge in [-0.15, -0.1) is 0 Å². The summed E-state index contributed by atoms with van der Waals surface area (Å²) >= 11 is 0. The molecule has 7 heteroatoms. The Morgan fingerprint density at radius 3 is 2.96 bits per heavy atom. The number of nitrogens with zero attached hydrogens (tertiary/aromatic N) is 2. The summed E-state index contributed by atoms with van der Waals surface area (Å²) in [5.74, 6) is 1.91. The molecule has 2 heterocycles. The summed E-state index contributed by atoms with van der Waals surface area (Å²) in [5, 5.41) is 11.6. The molecule has 1 fully saturated rings. The van der Waals surface area contributed by atoms with Crippen molar-refractivity contribution in [3.8, 4) is 11.5 Å². The second-order valence-electron chi connectivity index (χ2n) is 5.96. The zero-order valence-electron chi connectivity index (χ0n) is 14.0. The lowest BCUT2D eigenvalue weighted by molar-refractivity contribution is -0.121. The third kappa shape index (κ3) is 3.03. The number of aliphatic hydroxyl groups is 1. The Kier molecular flexibility index (Phi) is 4.89. The lowest BCUT2D eigenvalue weighted by atomic mass is 10.1. The van der Waals surface area contributed by atoms with Gasteiger partial charge in [0.05, 0.1) is 25.9 Å². The van der Waals surface area contributed by atoms with E-state index in [0.717, 1.165) is 30.5 Å². The molecular formula is C17H23N3O4. The van der Waals surface area contributed by atoms with Crippen LogP contribution in [-0.4, -0.2) is 48.2 Å². The monoisotopic (exact) mass is 333 g/mol. The van der Waals surface area contributed by atoms with Crippen LogP contribution >= 0.6 is 0 Å². The van der Waals surface area contributed by atoms with Gasteiger partial charge >= 0.3 is 0 Å². The highest BCUT2D eigenvalue weighted by atomic mass is 16.5. The fourth-order valence-electron chi connectivity index (χ4n) is 2.96. The quantitative estimate of drug-likeness (QED) is 0.740. The van der Waals surface area contributed by atoms with Crippen molar-refractivity contribution < 1.29 is 19.4 Å². The lowest BCUT2D eigenvalue weighted by Crippen LogP contribution is -2.35. The highest BCUT2D eigenvalue weighted by Crippen LogP contribution is 2.41. The second-order valence-corrected chi connectivity index (χ2v) is 5.96. The van der Waals surface area contributed by atoms with E-state index in [4.69, 9.17) is 14.6 Å². The molecule has 3 rings (SSSR count). The minimum Gasteiger partial charge on any atom is -0.492 e. The number of benzene rings is 1. The first-order chi connectivity index (χ1) is 11.7. The van der Waals surface area contributed by atoms with Gasteiger partial charge in [0.25, 0.3) is 0 Å². The number of aliphatic imine (C=N–C) groups is 1. The van der Waals surface area contributed by atoms with Crippen LogP contribution in [0.25, 0.3) is 0 Å². The summed E-state index contributed by atoms with van der Waals surface area (Å²) < 4.78 is 11.4. The maximum absolute atomic E-state index is 11.8. The van der Waals surface area contributed by atoms with Gasteiger partial charge in [0.15, 0.2) is 11.5 Å². The summed E-state index contributed by atoms with van der Waals surface area (Å²) in [5.41, 5.74) is 1.72. The molecule has 0 aromatic heterocycles. The van der Waals surface area contributed by atoms with Crippen LogP contribution in [0.5, 0.6) is 11.5 Å². The number of unbranched alkanes of at least 4 members (excludes halogenated alkanes) is 2. The average Bonchev–Trinajstić information content (AvgIpc) is 2.86. The number of hydrogen-bond acceptors (Lipinski definition) is 6. The summed E-state index contributed by atoms with van der Waals surface area (Å²) in [7, 11) is 1.62. The summed E-state index contributed by atoms with van der Waals surface area (Å²) in [6.07, 6.45) is 2.59. The highest BCUT2D eigenvalue weighted by molar-refractivity contribution is 6.07. The fourth-order valence-corrected chi connectivity index (χ4v) is 2.96. The zero-order valence-corrected chi connectivity index (χ0v) is 14.0. The van der Waals surface area contributed by atoms with Crippen LogP contribution in [0.1, 0.15) is 31.7 Å². The molecule has 2 aliphatic heterocycles. The number of aliphatic hydroxyl groups excluding tert-OH is 1. The maximum Gasteiger partial charge on any atom is 0.249 e. The molecule has 0 bridgehead atoms. The van der Waals surface area contributed by atoms with E-state index in [1.165, 1.54) is 0 Å². The number of methoxy groups -OCH3 is 1. The van der Waals surface area contributed by atoms with Gasteiger partial charge in [0.2, 0.25) is 11.9 Å². The van der Waals surface area contributed by atoms with Gasteiger partial charge in [-0.3, -0.25) is 10.1 Å². The fraction of sp³-hybridized carbons (Fsp3) is 0.529. The van der Waals surface area contributed by atoms with E-state index in [1.54, 1.807) is 7.11 Å². The van der Waals surface area contributed by atoms with Crippen LogP contribution in [0.3, 0.4) is 0 Å². The van der Waals surface area contributed by atoms with Crippen LogP contribution in [0.4, 0.5) is 5.69 Å². The number of ether oxygens (including phenoxy) is 2. The smallest absolute Gasteiger partial charge is 0.249 e. The summed E-state index contributed by atoms with van der Waals surface area (Å²) in [6, 6.07) is 3.49. The first-order valence-electron chi connectivity index (χ1n) is 8.25. The van der Waals surface area contributed by atoms with Gasteiger partial charge in [-0.2, -0.15) is 0 Å². The molecule has 1 aromatic carbocycles. The minimum atomic E-state index is -0.246. The van der Waals surface area contributed by atoms with Crippen molar-refractivity contribution >= 4 is 17.6 Å².